The van der Waals surface area contributed by atoms with E-state index in [1.54, 1.807) is 26.0 Å². The molecule has 5 heteroatoms. The van der Waals surface area contributed by atoms with Crippen molar-refractivity contribution >= 4 is 5.91 Å². The van der Waals surface area contributed by atoms with Gasteiger partial charge in [-0.15, -0.1) is 0 Å². The Hall–Kier alpha value is -1.12. The van der Waals surface area contributed by atoms with E-state index in [1.165, 1.54) is 0 Å². The monoisotopic (exact) mass is 240 g/mol. The summed E-state index contributed by atoms with van der Waals surface area (Å²) in [5.41, 5.74) is -0.944. The Labute approximate surface area is 102 Å². The third kappa shape index (κ3) is 2.59. The number of nitriles is 1. The van der Waals surface area contributed by atoms with Gasteiger partial charge in [-0.1, -0.05) is 6.92 Å². The fourth-order valence-corrected chi connectivity index (χ4v) is 1.99. The number of hydrogen-bond donors (Lipinski definition) is 0. The first-order chi connectivity index (χ1) is 8.02. The third-order valence-electron chi connectivity index (χ3n) is 3.53. The Morgan fingerprint density at radius 1 is 1.41 bits per heavy atom. The zero-order valence-electron chi connectivity index (χ0n) is 10.9. The van der Waals surface area contributed by atoms with E-state index in [0.29, 0.717) is 19.5 Å². The number of carbonyl (C=O) groups excluding carboxylic acids is 1. The van der Waals surface area contributed by atoms with Crippen LogP contribution in [0.2, 0.25) is 0 Å². The van der Waals surface area contributed by atoms with Crippen molar-refractivity contribution in [2.24, 2.45) is 5.41 Å². The molecule has 1 aliphatic heterocycles. The van der Waals surface area contributed by atoms with E-state index < -0.39 is 5.41 Å². The molecule has 1 rings (SSSR count). The van der Waals surface area contributed by atoms with Gasteiger partial charge in [-0.3, -0.25) is 4.79 Å². The molecule has 3 unspecified atom stereocenters. The van der Waals surface area contributed by atoms with Gasteiger partial charge in [0.2, 0.25) is 5.91 Å². The van der Waals surface area contributed by atoms with E-state index in [2.05, 4.69) is 6.07 Å². The molecule has 0 aromatic carbocycles. The minimum Gasteiger partial charge on any atom is -0.377 e. The number of amides is 1. The highest BCUT2D eigenvalue weighted by Gasteiger charge is 2.42. The van der Waals surface area contributed by atoms with Gasteiger partial charge in [0.1, 0.15) is 17.6 Å². The number of carbonyl (C=O) groups is 1. The zero-order valence-corrected chi connectivity index (χ0v) is 10.9. The second-order valence-electron chi connectivity index (χ2n) is 4.56. The molecule has 96 valence electrons. The Balaban J connectivity index is 2.77. The van der Waals surface area contributed by atoms with Crippen LogP contribution in [0.15, 0.2) is 0 Å². The molecular formula is C12H20N2O3. The largest absolute Gasteiger partial charge is 0.377 e. The summed E-state index contributed by atoms with van der Waals surface area (Å²) in [4.78, 5) is 13.9. The van der Waals surface area contributed by atoms with Gasteiger partial charge in [0, 0.05) is 27.3 Å². The summed E-state index contributed by atoms with van der Waals surface area (Å²) in [5, 5.41) is 9.10. The first-order valence-corrected chi connectivity index (χ1v) is 5.78. The molecule has 0 aliphatic carbocycles. The topological polar surface area (TPSA) is 62.6 Å². The van der Waals surface area contributed by atoms with E-state index in [1.807, 2.05) is 6.92 Å². The van der Waals surface area contributed by atoms with Crippen molar-refractivity contribution in [3.8, 4) is 6.07 Å². The first kappa shape index (κ1) is 13.9. The number of methoxy groups -OCH3 is 2. The van der Waals surface area contributed by atoms with Crippen LogP contribution in [0.1, 0.15) is 20.3 Å². The molecular weight excluding hydrogens is 220 g/mol. The van der Waals surface area contributed by atoms with Crippen molar-refractivity contribution in [2.45, 2.75) is 32.5 Å². The van der Waals surface area contributed by atoms with E-state index in [-0.39, 0.29) is 18.1 Å². The van der Waals surface area contributed by atoms with Gasteiger partial charge in [-0.05, 0) is 13.3 Å². The number of rotatable bonds is 4. The molecule has 0 aromatic heterocycles. The zero-order chi connectivity index (χ0) is 13.1. The van der Waals surface area contributed by atoms with E-state index in [4.69, 9.17) is 14.7 Å². The minimum absolute atomic E-state index is 0.108. The minimum atomic E-state index is -0.944. The van der Waals surface area contributed by atoms with E-state index in [0.717, 1.165) is 0 Å². The fourth-order valence-electron chi connectivity index (χ4n) is 1.99. The van der Waals surface area contributed by atoms with Gasteiger partial charge >= 0.3 is 0 Å². The highest BCUT2D eigenvalue weighted by molar-refractivity contribution is 5.85. The van der Waals surface area contributed by atoms with E-state index >= 15 is 0 Å². The van der Waals surface area contributed by atoms with Gasteiger partial charge in [-0.25, -0.2) is 0 Å². The van der Waals surface area contributed by atoms with Crippen LogP contribution in [0.5, 0.6) is 0 Å². The van der Waals surface area contributed by atoms with Crippen molar-refractivity contribution in [3.05, 3.63) is 0 Å². The Morgan fingerprint density at radius 2 is 1.88 bits per heavy atom. The summed E-state index contributed by atoms with van der Waals surface area (Å²) < 4.78 is 10.5. The lowest BCUT2D eigenvalue weighted by Gasteiger charge is -2.25. The van der Waals surface area contributed by atoms with Crippen LogP contribution < -0.4 is 0 Å². The van der Waals surface area contributed by atoms with Crippen LogP contribution in [-0.2, 0) is 14.3 Å². The van der Waals surface area contributed by atoms with Crippen LogP contribution >= 0.6 is 0 Å². The summed E-state index contributed by atoms with van der Waals surface area (Å²) >= 11 is 0. The molecule has 1 amide bonds. The fraction of sp³-hybridized carbons (Fsp3) is 0.833. The van der Waals surface area contributed by atoms with Crippen molar-refractivity contribution in [2.75, 3.05) is 27.3 Å². The second kappa shape index (κ2) is 5.48. The van der Waals surface area contributed by atoms with Gasteiger partial charge in [-0.2, -0.15) is 5.26 Å². The smallest absolute Gasteiger partial charge is 0.242 e. The van der Waals surface area contributed by atoms with Crippen LogP contribution in [0, 0.1) is 16.7 Å². The highest BCUT2D eigenvalue weighted by atomic mass is 16.5. The maximum absolute atomic E-state index is 12.2. The molecule has 5 nitrogen and oxygen atoms in total. The molecule has 0 spiro atoms. The van der Waals surface area contributed by atoms with E-state index in [9.17, 15) is 4.79 Å². The molecule has 3 atom stereocenters. The first-order valence-electron chi connectivity index (χ1n) is 5.78. The molecule has 0 bridgehead atoms. The molecule has 1 heterocycles. The molecule has 0 radical (unpaired) electrons. The number of likely N-dealkylation sites (tertiary alicyclic amines) is 1. The lowest BCUT2D eigenvalue weighted by molar-refractivity contribution is -0.138. The summed E-state index contributed by atoms with van der Waals surface area (Å²) in [6.07, 6.45) is 0.293. The Bertz CT molecular complexity index is 314. The van der Waals surface area contributed by atoms with Crippen LogP contribution in [0.3, 0.4) is 0 Å². The Kier molecular flexibility index (Phi) is 4.49. The van der Waals surface area contributed by atoms with Gasteiger partial charge in [0.25, 0.3) is 0 Å². The Morgan fingerprint density at radius 3 is 2.18 bits per heavy atom. The van der Waals surface area contributed by atoms with Crippen molar-refractivity contribution < 1.29 is 14.3 Å². The summed E-state index contributed by atoms with van der Waals surface area (Å²) in [6.45, 7) is 4.51. The molecule has 17 heavy (non-hydrogen) atoms. The summed E-state index contributed by atoms with van der Waals surface area (Å²) in [5.74, 6) is -0.135. The van der Waals surface area contributed by atoms with Crippen LogP contribution in [0.4, 0.5) is 0 Å². The van der Waals surface area contributed by atoms with Crippen LogP contribution in [0.25, 0.3) is 0 Å². The van der Waals surface area contributed by atoms with Crippen molar-refractivity contribution in [3.63, 3.8) is 0 Å². The number of ether oxygens (including phenoxy) is 2. The van der Waals surface area contributed by atoms with Gasteiger partial charge < -0.3 is 14.4 Å². The second-order valence-corrected chi connectivity index (χ2v) is 4.56. The predicted octanol–water partition coefficient (Wildman–Crippen LogP) is 0.798. The maximum Gasteiger partial charge on any atom is 0.242 e. The summed E-state index contributed by atoms with van der Waals surface area (Å²) in [6, 6.07) is 2.10. The molecule has 1 saturated heterocycles. The number of nitrogens with zero attached hydrogens (tertiary/aromatic N) is 2. The highest BCUT2D eigenvalue weighted by Crippen LogP contribution is 2.26. The van der Waals surface area contributed by atoms with Crippen molar-refractivity contribution in [1.29, 1.82) is 5.26 Å². The lowest BCUT2D eigenvalue weighted by atomic mass is 9.88. The average molecular weight is 240 g/mol. The third-order valence-corrected chi connectivity index (χ3v) is 3.53. The molecule has 0 aromatic rings. The quantitative estimate of drug-likeness (QED) is 0.729. The maximum atomic E-state index is 12.2. The van der Waals surface area contributed by atoms with Gasteiger partial charge in [0.15, 0.2) is 0 Å². The lowest BCUT2D eigenvalue weighted by Crippen LogP contribution is -2.41. The van der Waals surface area contributed by atoms with Crippen LogP contribution in [-0.4, -0.2) is 50.3 Å². The normalized spacial score (nSPS) is 27.6. The molecule has 1 aliphatic rings. The van der Waals surface area contributed by atoms with Gasteiger partial charge in [0.05, 0.1) is 6.07 Å². The predicted molar refractivity (Wildman–Crippen MR) is 62.2 cm³/mol. The molecule has 1 fully saturated rings. The SMILES string of the molecule is CCC(C)(C#N)C(=O)N1CC(OC)C(OC)C1. The van der Waals surface area contributed by atoms with Crippen molar-refractivity contribution in [1.82, 2.24) is 4.90 Å². The average Bonchev–Trinajstić information content (AvgIpc) is 2.79. The summed E-state index contributed by atoms with van der Waals surface area (Å²) in [7, 11) is 3.21. The molecule has 0 saturated carbocycles. The number of hydrogen-bond acceptors (Lipinski definition) is 4. The molecule has 0 N–H and O–H groups in total. The standard InChI is InChI=1S/C12H20N2O3/c1-5-12(2,8-13)11(15)14-6-9(16-3)10(7-14)17-4/h9-10H,5-7H2,1-4H3.